The molecule has 164 valence electrons. The molecule has 1 aliphatic rings. The molecule has 0 unspecified atom stereocenters. The highest BCUT2D eigenvalue weighted by atomic mass is 19.1. The molecule has 3 aromatic rings. The molecule has 0 bridgehead atoms. The molecule has 0 radical (unpaired) electrons. The Kier molecular flexibility index (Phi) is 6.10. The largest absolute Gasteiger partial charge is 0.459 e. The van der Waals surface area contributed by atoms with Gasteiger partial charge < -0.3 is 4.74 Å². The van der Waals surface area contributed by atoms with E-state index in [9.17, 15) is 9.18 Å². The molecule has 1 fully saturated rings. The van der Waals surface area contributed by atoms with Gasteiger partial charge in [-0.3, -0.25) is 14.4 Å². The van der Waals surface area contributed by atoms with Gasteiger partial charge in [0, 0.05) is 11.3 Å². The smallest absolute Gasteiger partial charge is 0.320 e. The van der Waals surface area contributed by atoms with Gasteiger partial charge in [0.05, 0.1) is 24.3 Å². The molecule has 1 aromatic heterocycles. The second-order valence-corrected chi connectivity index (χ2v) is 9.32. The van der Waals surface area contributed by atoms with Gasteiger partial charge in [-0.15, -0.1) is 0 Å². The molecule has 0 N–H and O–H groups in total. The van der Waals surface area contributed by atoms with Gasteiger partial charge in [0.2, 0.25) is 0 Å². The first kappa shape index (κ1) is 21.5. The molecule has 0 amide bonds. The molecule has 0 spiro atoms. The Morgan fingerprint density at radius 3 is 2.45 bits per heavy atom. The summed E-state index contributed by atoms with van der Waals surface area (Å²) in [4.78, 5) is 14.3. The fraction of sp³-hybridized carbons (Fsp3) is 0.440. The third kappa shape index (κ3) is 5.31. The predicted octanol–water partition coefficient (Wildman–Crippen LogP) is 4.74. The van der Waals surface area contributed by atoms with Gasteiger partial charge in [0.25, 0.3) is 0 Å². The SMILES string of the molecule is CC(C)(C)OC(=O)CN1CCC(c2nn(Cc3ccc(F)cc3)c3ccccc23)CC1. The van der Waals surface area contributed by atoms with Crippen LogP contribution in [0.1, 0.15) is 50.8 Å². The van der Waals surface area contributed by atoms with Gasteiger partial charge in [-0.05, 0) is 70.5 Å². The topological polar surface area (TPSA) is 47.4 Å². The first-order chi connectivity index (χ1) is 14.8. The second kappa shape index (κ2) is 8.79. The van der Waals surface area contributed by atoms with Crippen LogP contribution in [0.5, 0.6) is 0 Å². The first-order valence-corrected chi connectivity index (χ1v) is 10.9. The Labute approximate surface area is 182 Å². The number of piperidine rings is 1. The minimum atomic E-state index is -0.453. The number of rotatable bonds is 5. The highest BCUT2D eigenvalue weighted by Gasteiger charge is 2.27. The average Bonchev–Trinajstić information content (AvgIpc) is 3.07. The van der Waals surface area contributed by atoms with Crippen LogP contribution in [0.3, 0.4) is 0 Å². The minimum absolute atomic E-state index is 0.167. The molecule has 5 nitrogen and oxygen atoms in total. The van der Waals surface area contributed by atoms with Crippen molar-refractivity contribution in [2.24, 2.45) is 0 Å². The van der Waals surface area contributed by atoms with Crippen LogP contribution in [0.25, 0.3) is 10.9 Å². The predicted molar refractivity (Wildman–Crippen MR) is 119 cm³/mol. The summed E-state index contributed by atoms with van der Waals surface area (Å²) in [5.74, 6) is -0.0397. The summed E-state index contributed by atoms with van der Waals surface area (Å²) in [5, 5.41) is 6.15. The van der Waals surface area contributed by atoms with Crippen molar-refractivity contribution in [1.82, 2.24) is 14.7 Å². The Morgan fingerprint density at radius 2 is 1.77 bits per heavy atom. The number of carbonyl (C=O) groups is 1. The number of hydrogen-bond donors (Lipinski definition) is 0. The van der Waals surface area contributed by atoms with Crippen LogP contribution >= 0.6 is 0 Å². The number of ether oxygens (including phenoxy) is 1. The molecule has 4 rings (SSSR count). The van der Waals surface area contributed by atoms with Crippen molar-refractivity contribution in [2.45, 2.75) is 51.7 Å². The molecule has 2 heterocycles. The summed E-state index contributed by atoms with van der Waals surface area (Å²) in [7, 11) is 0. The maximum Gasteiger partial charge on any atom is 0.320 e. The van der Waals surface area contributed by atoms with Crippen LogP contribution in [-0.4, -0.2) is 45.9 Å². The number of esters is 1. The Morgan fingerprint density at radius 1 is 1.10 bits per heavy atom. The van der Waals surface area contributed by atoms with Crippen LogP contribution in [0.2, 0.25) is 0 Å². The van der Waals surface area contributed by atoms with Crippen LogP contribution in [-0.2, 0) is 16.1 Å². The van der Waals surface area contributed by atoms with Crippen molar-refractivity contribution in [3.63, 3.8) is 0 Å². The highest BCUT2D eigenvalue weighted by molar-refractivity contribution is 5.82. The van der Waals surface area contributed by atoms with E-state index < -0.39 is 5.60 Å². The lowest BCUT2D eigenvalue weighted by atomic mass is 9.91. The lowest BCUT2D eigenvalue weighted by molar-refractivity contribution is -0.156. The van der Waals surface area contributed by atoms with E-state index in [2.05, 4.69) is 17.0 Å². The van der Waals surface area contributed by atoms with E-state index in [1.165, 1.54) is 17.5 Å². The molecule has 0 aliphatic carbocycles. The molecular formula is C25H30FN3O2. The molecular weight excluding hydrogens is 393 g/mol. The quantitative estimate of drug-likeness (QED) is 0.556. The van der Waals surface area contributed by atoms with E-state index in [4.69, 9.17) is 9.84 Å². The third-order valence-corrected chi connectivity index (χ3v) is 5.68. The zero-order chi connectivity index (χ0) is 22.0. The molecule has 0 saturated carbocycles. The summed E-state index contributed by atoms with van der Waals surface area (Å²) in [6, 6.07) is 14.9. The Bertz CT molecular complexity index is 1040. The molecule has 2 aromatic carbocycles. The number of fused-ring (bicyclic) bond motifs is 1. The maximum atomic E-state index is 13.3. The van der Waals surface area contributed by atoms with Crippen molar-refractivity contribution in [2.75, 3.05) is 19.6 Å². The average molecular weight is 424 g/mol. The normalized spacial score (nSPS) is 16.0. The van der Waals surface area contributed by atoms with Gasteiger partial charge in [-0.1, -0.05) is 30.3 Å². The zero-order valence-corrected chi connectivity index (χ0v) is 18.5. The number of para-hydroxylation sites is 1. The molecule has 1 saturated heterocycles. The maximum absolute atomic E-state index is 13.3. The van der Waals surface area contributed by atoms with Crippen molar-refractivity contribution < 1.29 is 13.9 Å². The van der Waals surface area contributed by atoms with Crippen molar-refractivity contribution in [1.29, 1.82) is 0 Å². The molecule has 31 heavy (non-hydrogen) atoms. The van der Waals surface area contributed by atoms with Gasteiger partial charge in [-0.25, -0.2) is 4.39 Å². The van der Waals surface area contributed by atoms with Crippen molar-refractivity contribution in [3.8, 4) is 0 Å². The molecule has 6 heteroatoms. The molecule has 0 atom stereocenters. The Balaban J connectivity index is 1.47. The van der Waals surface area contributed by atoms with E-state index in [1.807, 2.05) is 37.6 Å². The monoisotopic (exact) mass is 423 g/mol. The fourth-order valence-corrected chi connectivity index (χ4v) is 4.26. The number of nitrogens with zero attached hydrogens (tertiary/aromatic N) is 3. The van der Waals surface area contributed by atoms with Crippen LogP contribution in [0, 0.1) is 5.82 Å². The van der Waals surface area contributed by atoms with Gasteiger partial charge in [0.1, 0.15) is 11.4 Å². The number of benzene rings is 2. The number of hydrogen-bond acceptors (Lipinski definition) is 4. The third-order valence-electron chi connectivity index (χ3n) is 5.68. The van der Waals surface area contributed by atoms with Gasteiger partial charge >= 0.3 is 5.97 Å². The standard InChI is InChI=1S/C25H30FN3O2/c1-25(2,3)31-23(30)17-28-14-12-19(13-15-28)24-21-6-4-5-7-22(21)29(27-24)16-18-8-10-20(26)11-9-18/h4-11,19H,12-17H2,1-3H3. The van der Waals surface area contributed by atoms with Gasteiger partial charge in [-0.2, -0.15) is 5.10 Å². The highest BCUT2D eigenvalue weighted by Crippen LogP contribution is 2.32. The van der Waals surface area contributed by atoms with E-state index in [-0.39, 0.29) is 11.8 Å². The fourth-order valence-electron chi connectivity index (χ4n) is 4.26. The van der Waals surface area contributed by atoms with Crippen LogP contribution in [0.15, 0.2) is 48.5 Å². The lowest BCUT2D eigenvalue weighted by Crippen LogP contribution is -2.39. The summed E-state index contributed by atoms with van der Waals surface area (Å²) in [6.45, 7) is 8.33. The van der Waals surface area contributed by atoms with E-state index in [1.54, 1.807) is 12.1 Å². The summed E-state index contributed by atoms with van der Waals surface area (Å²) in [6.07, 6.45) is 1.92. The number of aromatic nitrogens is 2. The number of likely N-dealkylation sites (tertiary alicyclic amines) is 1. The zero-order valence-electron chi connectivity index (χ0n) is 18.5. The van der Waals surface area contributed by atoms with Crippen LogP contribution in [0.4, 0.5) is 4.39 Å². The van der Waals surface area contributed by atoms with Crippen molar-refractivity contribution in [3.05, 3.63) is 65.6 Å². The van der Waals surface area contributed by atoms with Gasteiger partial charge in [0.15, 0.2) is 0 Å². The first-order valence-electron chi connectivity index (χ1n) is 10.9. The number of carbonyl (C=O) groups excluding carboxylic acids is 1. The van der Waals surface area contributed by atoms with E-state index in [0.717, 1.165) is 42.7 Å². The lowest BCUT2D eigenvalue weighted by Gasteiger charge is -2.31. The summed E-state index contributed by atoms with van der Waals surface area (Å²) in [5.41, 5.74) is 2.78. The van der Waals surface area contributed by atoms with E-state index >= 15 is 0 Å². The summed E-state index contributed by atoms with van der Waals surface area (Å²) < 4.78 is 20.7. The second-order valence-electron chi connectivity index (χ2n) is 9.32. The van der Waals surface area contributed by atoms with Crippen molar-refractivity contribution >= 4 is 16.9 Å². The van der Waals surface area contributed by atoms with Crippen LogP contribution < -0.4 is 0 Å². The van der Waals surface area contributed by atoms with E-state index in [0.29, 0.717) is 19.0 Å². The number of halogens is 1. The summed E-state index contributed by atoms with van der Waals surface area (Å²) >= 11 is 0. The molecule has 1 aliphatic heterocycles. The Hall–Kier alpha value is -2.73. The minimum Gasteiger partial charge on any atom is -0.459 e.